The van der Waals surface area contributed by atoms with Gasteiger partial charge in [-0.25, -0.2) is 0 Å². The summed E-state index contributed by atoms with van der Waals surface area (Å²) < 4.78 is 15.9. The monoisotopic (exact) mass is 330 g/mol. The second-order valence-electron chi connectivity index (χ2n) is 5.08. The first kappa shape index (κ1) is 16.7. The molecule has 0 radical (unpaired) electrons. The highest BCUT2D eigenvalue weighted by atomic mass is 35.5. The summed E-state index contributed by atoms with van der Waals surface area (Å²) in [7, 11) is 0. The number of carbonyl (C=O) groups excluding carboxylic acids is 1. The summed E-state index contributed by atoms with van der Waals surface area (Å²) in [5, 5.41) is 15.5. The molecule has 1 atom stereocenters. The molecule has 1 amide bonds. The summed E-state index contributed by atoms with van der Waals surface area (Å²) in [4.78, 5) is 11.6. The number of nitrogens with one attached hydrogen (secondary N) is 2. The number of rotatable bonds is 6. The van der Waals surface area contributed by atoms with Crippen LogP contribution in [0.2, 0.25) is 0 Å². The van der Waals surface area contributed by atoms with Crippen LogP contribution in [0.3, 0.4) is 0 Å². The Morgan fingerprint density at radius 3 is 2.91 bits per heavy atom. The van der Waals surface area contributed by atoms with Crippen LogP contribution in [0, 0.1) is 5.92 Å². The van der Waals surface area contributed by atoms with E-state index in [9.17, 15) is 9.90 Å². The summed E-state index contributed by atoms with van der Waals surface area (Å²) in [5.74, 6) is 1.90. The van der Waals surface area contributed by atoms with Crippen LogP contribution in [0.15, 0.2) is 18.2 Å². The molecule has 7 nitrogen and oxygen atoms in total. The summed E-state index contributed by atoms with van der Waals surface area (Å²) in [5.41, 5.74) is 0. The largest absolute Gasteiger partial charge is 0.491 e. The Balaban J connectivity index is 0.00000176. The number of ether oxygens (including phenoxy) is 3. The van der Waals surface area contributed by atoms with Gasteiger partial charge in [-0.15, -0.1) is 12.4 Å². The zero-order chi connectivity index (χ0) is 14.7. The van der Waals surface area contributed by atoms with E-state index in [1.807, 2.05) is 0 Å². The van der Waals surface area contributed by atoms with Crippen molar-refractivity contribution in [1.82, 2.24) is 10.6 Å². The van der Waals surface area contributed by atoms with Gasteiger partial charge in [0.1, 0.15) is 18.5 Å². The lowest BCUT2D eigenvalue weighted by atomic mass is 10.0. The molecule has 2 heterocycles. The van der Waals surface area contributed by atoms with Gasteiger partial charge in [0.25, 0.3) is 0 Å². The van der Waals surface area contributed by atoms with Gasteiger partial charge in [0, 0.05) is 25.7 Å². The van der Waals surface area contributed by atoms with E-state index in [4.69, 9.17) is 14.2 Å². The van der Waals surface area contributed by atoms with Gasteiger partial charge in [-0.1, -0.05) is 0 Å². The molecule has 0 spiro atoms. The molecule has 0 aliphatic carbocycles. The average Bonchev–Trinajstić information content (AvgIpc) is 2.88. The first-order valence-corrected chi connectivity index (χ1v) is 6.91. The number of fused-ring (bicyclic) bond motifs is 1. The molecule has 3 rings (SSSR count). The number of benzene rings is 1. The third kappa shape index (κ3) is 3.94. The summed E-state index contributed by atoms with van der Waals surface area (Å²) in [6.45, 7) is 1.90. The van der Waals surface area contributed by atoms with E-state index in [-0.39, 0.29) is 44.2 Å². The number of hydrogen-bond acceptors (Lipinski definition) is 6. The van der Waals surface area contributed by atoms with E-state index in [1.165, 1.54) is 0 Å². The van der Waals surface area contributed by atoms with Crippen molar-refractivity contribution < 1.29 is 24.1 Å². The zero-order valence-corrected chi connectivity index (χ0v) is 12.7. The molecule has 122 valence electrons. The van der Waals surface area contributed by atoms with Crippen molar-refractivity contribution in [3.8, 4) is 17.2 Å². The zero-order valence-electron chi connectivity index (χ0n) is 11.9. The van der Waals surface area contributed by atoms with E-state index in [0.29, 0.717) is 30.3 Å². The maximum Gasteiger partial charge on any atom is 0.231 e. The van der Waals surface area contributed by atoms with Crippen LogP contribution in [0.5, 0.6) is 17.2 Å². The molecule has 2 aliphatic heterocycles. The Morgan fingerprint density at radius 1 is 1.41 bits per heavy atom. The first-order chi connectivity index (χ1) is 10.2. The van der Waals surface area contributed by atoms with Crippen molar-refractivity contribution in [2.75, 3.05) is 33.0 Å². The molecule has 3 N–H and O–H groups in total. The van der Waals surface area contributed by atoms with Crippen LogP contribution in [-0.4, -0.2) is 50.2 Å². The molecule has 1 fully saturated rings. The van der Waals surface area contributed by atoms with Crippen molar-refractivity contribution in [1.29, 1.82) is 0 Å². The number of halogens is 1. The number of amides is 1. The SMILES string of the molecule is Cl.O=C(NCC(O)COc1ccc2c(c1)OCO2)C1CNC1. The minimum atomic E-state index is -0.757. The van der Waals surface area contributed by atoms with Crippen molar-refractivity contribution in [2.45, 2.75) is 6.10 Å². The van der Waals surface area contributed by atoms with Gasteiger partial charge in [0.15, 0.2) is 11.5 Å². The van der Waals surface area contributed by atoms with E-state index in [1.54, 1.807) is 18.2 Å². The van der Waals surface area contributed by atoms with Gasteiger partial charge in [-0.3, -0.25) is 4.79 Å². The molecule has 0 bridgehead atoms. The lowest BCUT2D eigenvalue weighted by Gasteiger charge is -2.26. The molecule has 0 saturated carbocycles. The van der Waals surface area contributed by atoms with Crippen LogP contribution in [0.1, 0.15) is 0 Å². The van der Waals surface area contributed by atoms with Gasteiger partial charge in [0.05, 0.1) is 5.92 Å². The van der Waals surface area contributed by atoms with Crippen LogP contribution < -0.4 is 24.8 Å². The fourth-order valence-corrected chi connectivity index (χ4v) is 2.05. The Kier molecular flexibility index (Phi) is 5.70. The highest BCUT2D eigenvalue weighted by molar-refractivity contribution is 5.85. The Hall–Kier alpha value is -1.70. The highest BCUT2D eigenvalue weighted by Gasteiger charge is 2.24. The Labute approximate surface area is 134 Å². The average molecular weight is 331 g/mol. The van der Waals surface area contributed by atoms with E-state index in [2.05, 4.69) is 10.6 Å². The molecule has 0 aromatic heterocycles. The Bertz CT molecular complexity index is 524. The van der Waals surface area contributed by atoms with Gasteiger partial charge in [-0.05, 0) is 12.1 Å². The maximum atomic E-state index is 11.6. The number of carbonyl (C=O) groups is 1. The van der Waals surface area contributed by atoms with Crippen LogP contribution in [-0.2, 0) is 4.79 Å². The van der Waals surface area contributed by atoms with Gasteiger partial charge in [-0.2, -0.15) is 0 Å². The molecular weight excluding hydrogens is 312 g/mol. The third-order valence-corrected chi connectivity index (χ3v) is 3.45. The predicted octanol–water partition coefficient (Wildman–Crippen LogP) is -0.0876. The second-order valence-corrected chi connectivity index (χ2v) is 5.08. The topological polar surface area (TPSA) is 89.1 Å². The van der Waals surface area contributed by atoms with Crippen molar-refractivity contribution in [3.05, 3.63) is 18.2 Å². The minimum absolute atomic E-state index is 0. The van der Waals surface area contributed by atoms with E-state index < -0.39 is 6.10 Å². The van der Waals surface area contributed by atoms with Crippen molar-refractivity contribution >= 4 is 18.3 Å². The van der Waals surface area contributed by atoms with Gasteiger partial charge >= 0.3 is 0 Å². The molecule has 1 aromatic rings. The quantitative estimate of drug-likeness (QED) is 0.676. The molecule has 1 saturated heterocycles. The lowest BCUT2D eigenvalue weighted by Crippen LogP contribution is -2.52. The van der Waals surface area contributed by atoms with Crippen LogP contribution >= 0.6 is 12.4 Å². The standard InChI is InChI=1S/C14H18N2O5.ClH/c17-10(6-16-14(18)9-4-15-5-9)7-19-11-1-2-12-13(3-11)21-8-20-12;/h1-3,9-10,15,17H,4-8H2,(H,16,18);1H. The molecule has 1 aromatic carbocycles. The molecule has 1 unspecified atom stereocenters. The fraction of sp³-hybridized carbons (Fsp3) is 0.500. The van der Waals surface area contributed by atoms with Crippen molar-refractivity contribution in [2.24, 2.45) is 5.92 Å². The third-order valence-electron chi connectivity index (χ3n) is 3.45. The number of hydrogen-bond donors (Lipinski definition) is 3. The smallest absolute Gasteiger partial charge is 0.231 e. The molecule has 22 heavy (non-hydrogen) atoms. The molecular formula is C14H19ClN2O5. The van der Waals surface area contributed by atoms with Gasteiger partial charge < -0.3 is 30.0 Å². The van der Waals surface area contributed by atoms with E-state index >= 15 is 0 Å². The predicted molar refractivity (Wildman–Crippen MR) is 80.7 cm³/mol. The van der Waals surface area contributed by atoms with Crippen LogP contribution in [0.4, 0.5) is 0 Å². The summed E-state index contributed by atoms with van der Waals surface area (Å²) >= 11 is 0. The summed E-state index contributed by atoms with van der Waals surface area (Å²) in [6, 6.07) is 5.22. The Morgan fingerprint density at radius 2 is 2.18 bits per heavy atom. The maximum absolute atomic E-state index is 11.6. The first-order valence-electron chi connectivity index (χ1n) is 6.91. The van der Waals surface area contributed by atoms with E-state index in [0.717, 1.165) is 0 Å². The molecule has 2 aliphatic rings. The molecule has 8 heteroatoms. The highest BCUT2D eigenvalue weighted by Crippen LogP contribution is 2.35. The minimum Gasteiger partial charge on any atom is -0.491 e. The van der Waals surface area contributed by atoms with Crippen molar-refractivity contribution in [3.63, 3.8) is 0 Å². The lowest BCUT2D eigenvalue weighted by molar-refractivity contribution is -0.126. The second kappa shape index (κ2) is 7.53. The van der Waals surface area contributed by atoms with Crippen LogP contribution in [0.25, 0.3) is 0 Å². The normalized spacial score (nSPS) is 17.1. The number of aliphatic hydroxyl groups excluding tert-OH is 1. The number of aliphatic hydroxyl groups is 1. The van der Waals surface area contributed by atoms with Gasteiger partial charge in [0.2, 0.25) is 12.7 Å². The summed E-state index contributed by atoms with van der Waals surface area (Å²) in [6.07, 6.45) is -0.757. The fourth-order valence-electron chi connectivity index (χ4n) is 2.05.